The number of rotatable bonds is 3. The third kappa shape index (κ3) is 3.79. The summed E-state index contributed by atoms with van der Waals surface area (Å²) >= 11 is 0. The van der Waals surface area contributed by atoms with Crippen LogP contribution in [0.15, 0.2) is 29.1 Å². The largest absolute Gasteiger partial charge is 0.476 e. The van der Waals surface area contributed by atoms with Gasteiger partial charge in [0, 0.05) is 23.5 Å². The second-order valence-electron chi connectivity index (χ2n) is 9.16. The Morgan fingerprint density at radius 1 is 1.17 bits per heavy atom. The minimum atomic E-state index is -1.27. The molecule has 2 bridgehead atoms. The van der Waals surface area contributed by atoms with Gasteiger partial charge in [-0.15, -0.1) is 0 Å². The van der Waals surface area contributed by atoms with Crippen LogP contribution in [-0.4, -0.2) is 44.2 Å². The highest BCUT2D eigenvalue weighted by Crippen LogP contribution is 2.40. The fourth-order valence-electron chi connectivity index (χ4n) is 4.77. The first-order chi connectivity index (χ1) is 13.7. The van der Waals surface area contributed by atoms with Gasteiger partial charge in [0.05, 0.1) is 17.6 Å². The number of hydrogen-bond acceptors (Lipinski definition) is 4. The lowest BCUT2D eigenvalue weighted by Gasteiger charge is -2.39. The summed E-state index contributed by atoms with van der Waals surface area (Å²) in [7, 11) is 0. The fourth-order valence-corrected chi connectivity index (χ4v) is 4.77. The van der Waals surface area contributed by atoms with E-state index in [1.165, 1.54) is 0 Å². The van der Waals surface area contributed by atoms with Crippen LogP contribution in [0.4, 0.5) is 0 Å². The van der Waals surface area contributed by atoms with Gasteiger partial charge in [-0.3, -0.25) is 9.69 Å². The molecule has 2 aliphatic heterocycles. The Labute approximate surface area is 170 Å². The molecule has 0 unspecified atom stereocenters. The Bertz CT molecular complexity index is 1060. The van der Waals surface area contributed by atoms with Gasteiger partial charge < -0.3 is 9.67 Å². The normalized spacial score (nSPS) is 24.3. The number of carbonyl (C=O) groups is 1. The smallest absolute Gasteiger partial charge is 0.360 e. The first kappa shape index (κ1) is 19.7. The Morgan fingerprint density at radius 3 is 2.45 bits per heavy atom. The molecule has 0 radical (unpaired) electrons. The second kappa shape index (κ2) is 7.31. The van der Waals surface area contributed by atoms with E-state index in [1.54, 1.807) is 10.6 Å². The molecule has 6 heteroatoms. The lowest BCUT2D eigenvalue weighted by molar-refractivity contribution is 0.0686. The van der Waals surface area contributed by atoms with Crippen LogP contribution < -0.4 is 5.56 Å². The Kier molecular flexibility index (Phi) is 4.95. The van der Waals surface area contributed by atoms with E-state index in [-0.39, 0.29) is 11.5 Å². The molecule has 3 atom stereocenters. The summed E-state index contributed by atoms with van der Waals surface area (Å²) in [6.45, 7) is 7.09. The van der Waals surface area contributed by atoms with Crippen molar-refractivity contribution >= 4 is 17.0 Å². The quantitative estimate of drug-likeness (QED) is 0.810. The highest BCUT2D eigenvalue weighted by atomic mass is 16.4. The average molecular weight is 393 g/mol. The predicted octanol–water partition coefficient (Wildman–Crippen LogP) is 3.31. The van der Waals surface area contributed by atoms with E-state index < -0.39 is 17.2 Å². The molecule has 0 spiro atoms. The standard InChI is InChI=1S/C23H27N3O3/c1-23(2,3)11-6-12-25-15-9-10-16(25)14-17(13-15)26-19-8-5-4-7-18(19)24-20(21(26)27)22(28)29/h4-5,7-8,15-17H,9-10,12-14H2,1-3H3,(H,28,29)/t15-,16+,17+. The van der Waals surface area contributed by atoms with Gasteiger partial charge in [0.15, 0.2) is 0 Å². The van der Waals surface area contributed by atoms with Crippen LogP contribution in [0, 0.1) is 17.3 Å². The summed E-state index contributed by atoms with van der Waals surface area (Å²) in [5, 5.41) is 9.47. The van der Waals surface area contributed by atoms with Crippen LogP contribution in [0.5, 0.6) is 0 Å². The third-order valence-electron chi connectivity index (χ3n) is 5.95. The second-order valence-corrected chi connectivity index (χ2v) is 9.16. The van der Waals surface area contributed by atoms with E-state index >= 15 is 0 Å². The molecule has 4 rings (SSSR count). The third-order valence-corrected chi connectivity index (χ3v) is 5.95. The molecule has 3 heterocycles. The maximum atomic E-state index is 13.0. The SMILES string of the molecule is CC(C)(C)C#CCN1[C@@H]2CC[C@H]1C[C@@H](n1c(=O)c(C(=O)O)nc3ccccc31)C2. The number of nitrogens with zero attached hydrogens (tertiary/aromatic N) is 3. The number of carboxylic acid groups (broad SMARTS) is 1. The van der Waals surface area contributed by atoms with Crippen molar-refractivity contribution in [2.45, 2.75) is 64.6 Å². The van der Waals surface area contributed by atoms with Crippen LogP contribution >= 0.6 is 0 Å². The zero-order chi connectivity index (χ0) is 20.8. The van der Waals surface area contributed by atoms with Crippen molar-refractivity contribution in [1.29, 1.82) is 0 Å². The number of hydrogen-bond donors (Lipinski definition) is 1. The average Bonchev–Trinajstić information content (AvgIpc) is 2.88. The fraction of sp³-hybridized carbons (Fsp3) is 0.522. The van der Waals surface area contributed by atoms with Crippen LogP contribution in [0.25, 0.3) is 11.0 Å². The van der Waals surface area contributed by atoms with E-state index in [4.69, 9.17) is 0 Å². The molecule has 152 valence electrons. The molecule has 1 aromatic carbocycles. The van der Waals surface area contributed by atoms with Crippen molar-refractivity contribution in [1.82, 2.24) is 14.5 Å². The number of fused-ring (bicyclic) bond motifs is 3. The summed E-state index contributed by atoms with van der Waals surface area (Å²) < 4.78 is 1.69. The Balaban J connectivity index is 1.67. The molecule has 1 aromatic heterocycles. The topological polar surface area (TPSA) is 75.4 Å². The van der Waals surface area contributed by atoms with Crippen LogP contribution in [0.2, 0.25) is 0 Å². The monoisotopic (exact) mass is 393 g/mol. The minimum absolute atomic E-state index is 0.00608. The first-order valence-electron chi connectivity index (χ1n) is 10.2. The molecule has 2 aliphatic rings. The van der Waals surface area contributed by atoms with Crippen molar-refractivity contribution in [3.8, 4) is 11.8 Å². The summed E-state index contributed by atoms with van der Waals surface area (Å²) in [5.74, 6) is 5.38. The van der Waals surface area contributed by atoms with Gasteiger partial charge in [-0.25, -0.2) is 9.78 Å². The maximum Gasteiger partial charge on any atom is 0.360 e. The van der Waals surface area contributed by atoms with Crippen LogP contribution in [0.3, 0.4) is 0 Å². The van der Waals surface area contributed by atoms with Crippen molar-refractivity contribution in [2.24, 2.45) is 5.41 Å². The summed E-state index contributed by atoms with van der Waals surface area (Å²) in [4.78, 5) is 31.2. The van der Waals surface area contributed by atoms with Crippen molar-refractivity contribution in [2.75, 3.05) is 6.54 Å². The predicted molar refractivity (Wildman–Crippen MR) is 112 cm³/mol. The molecule has 0 saturated carbocycles. The molecule has 6 nitrogen and oxygen atoms in total. The first-order valence-corrected chi connectivity index (χ1v) is 10.2. The van der Waals surface area contributed by atoms with Crippen molar-refractivity contribution in [3.05, 3.63) is 40.3 Å². The lowest BCUT2D eigenvalue weighted by Crippen LogP contribution is -2.45. The molecule has 1 N–H and O–H groups in total. The molecule has 0 aliphatic carbocycles. The van der Waals surface area contributed by atoms with Gasteiger partial charge in [-0.05, 0) is 58.6 Å². The number of benzene rings is 1. The Hall–Kier alpha value is -2.65. The van der Waals surface area contributed by atoms with Gasteiger partial charge in [-0.2, -0.15) is 0 Å². The highest BCUT2D eigenvalue weighted by molar-refractivity contribution is 5.88. The number of para-hydroxylation sites is 2. The van der Waals surface area contributed by atoms with Crippen molar-refractivity contribution < 1.29 is 9.90 Å². The van der Waals surface area contributed by atoms with Gasteiger partial charge in [0.25, 0.3) is 5.56 Å². The molecule has 2 aromatic rings. The highest BCUT2D eigenvalue weighted by Gasteiger charge is 2.41. The van der Waals surface area contributed by atoms with E-state index in [2.05, 4.69) is 42.5 Å². The van der Waals surface area contributed by atoms with E-state index in [0.29, 0.717) is 23.1 Å². The molecule has 29 heavy (non-hydrogen) atoms. The zero-order valence-electron chi connectivity index (χ0n) is 17.2. The van der Waals surface area contributed by atoms with Gasteiger partial charge in [0.2, 0.25) is 5.69 Å². The number of aromatic carboxylic acids is 1. The van der Waals surface area contributed by atoms with E-state index in [0.717, 1.165) is 32.2 Å². The van der Waals surface area contributed by atoms with Crippen LogP contribution in [-0.2, 0) is 0 Å². The molecule has 2 saturated heterocycles. The molecule has 0 amide bonds. The lowest BCUT2D eigenvalue weighted by atomic mass is 9.95. The van der Waals surface area contributed by atoms with Gasteiger partial charge >= 0.3 is 5.97 Å². The van der Waals surface area contributed by atoms with Gasteiger partial charge in [-0.1, -0.05) is 24.0 Å². The number of aromatic nitrogens is 2. The zero-order valence-corrected chi connectivity index (χ0v) is 17.2. The van der Waals surface area contributed by atoms with Crippen molar-refractivity contribution in [3.63, 3.8) is 0 Å². The maximum absolute atomic E-state index is 13.0. The number of piperidine rings is 1. The van der Waals surface area contributed by atoms with Gasteiger partial charge in [0.1, 0.15) is 0 Å². The molecule has 2 fully saturated rings. The summed E-state index contributed by atoms with van der Waals surface area (Å²) in [5.41, 5.74) is 0.368. The molecular formula is C23H27N3O3. The van der Waals surface area contributed by atoms with Crippen LogP contribution in [0.1, 0.15) is 63.0 Å². The summed E-state index contributed by atoms with van der Waals surface area (Å²) in [6, 6.07) is 8.04. The van der Waals surface area contributed by atoms with E-state index in [1.807, 2.05) is 18.2 Å². The minimum Gasteiger partial charge on any atom is -0.476 e. The molecular weight excluding hydrogens is 366 g/mol. The Morgan fingerprint density at radius 2 is 1.83 bits per heavy atom. The number of carboxylic acids is 1. The van der Waals surface area contributed by atoms with E-state index in [9.17, 15) is 14.7 Å². The summed E-state index contributed by atoms with van der Waals surface area (Å²) in [6.07, 6.45) is 3.87.